The third-order valence-corrected chi connectivity index (χ3v) is 6.22. The highest BCUT2D eigenvalue weighted by Crippen LogP contribution is 2.18. The zero-order valence-corrected chi connectivity index (χ0v) is 19.4. The van der Waals surface area contributed by atoms with E-state index < -0.39 is 0 Å². The normalized spacial score (nSPS) is 12.4. The zero-order valence-electron chi connectivity index (χ0n) is 17.8. The lowest BCUT2D eigenvalue weighted by Crippen LogP contribution is -2.03. The maximum Gasteiger partial charge on any atom is 0.115 e. The molecule has 0 aliphatic carbocycles. The van der Waals surface area contributed by atoms with Gasteiger partial charge in [0.2, 0.25) is 0 Å². The van der Waals surface area contributed by atoms with Crippen molar-refractivity contribution in [2.45, 2.75) is 127 Å². The molecule has 1 unspecified atom stereocenters. The first kappa shape index (κ1) is 24.6. The van der Waals surface area contributed by atoms with E-state index in [1.54, 1.807) is 6.33 Å². The van der Waals surface area contributed by atoms with E-state index in [2.05, 4.69) is 32.8 Å². The van der Waals surface area contributed by atoms with Crippen molar-refractivity contribution in [3.63, 3.8) is 0 Å². The topological polar surface area (TPSA) is 25.8 Å². The molecule has 1 rings (SSSR count). The smallest absolute Gasteiger partial charge is 0.115 e. The van der Waals surface area contributed by atoms with Gasteiger partial charge in [0.25, 0.3) is 0 Å². The van der Waals surface area contributed by atoms with Crippen LogP contribution in [0.25, 0.3) is 0 Å². The van der Waals surface area contributed by atoms with Gasteiger partial charge in [-0.1, -0.05) is 126 Å². The fourth-order valence-electron chi connectivity index (χ4n) is 3.71. The minimum absolute atomic E-state index is 0.565. The van der Waals surface area contributed by atoms with Crippen LogP contribution in [-0.2, 0) is 6.42 Å². The molecule has 156 valence electrons. The van der Waals surface area contributed by atoms with Crippen molar-refractivity contribution >= 4 is 15.9 Å². The first-order valence-corrected chi connectivity index (χ1v) is 12.6. The molecule has 1 atom stereocenters. The summed E-state index contributed by atoms with van der Waals surface area (Å²) in [5, 5.41) is 0. The molecule has 0 amide bonds. The Balaban J connectivity index is 1.75. The molecule has 0 bridgehead atoms. The molecule has 1 aromatic heterocycles. The molecule has 0 aliphatic rings. The largest absolute Gasteiger partial charge is 0.245 e. The Labute approximate surface area is 177 Å². The van der Waals surface area contributed by atoms with Crippen LogP contribution in [0.3, 0.4) is 0 Å². The lowest BCUT2D eigenvalue weighted by molar-refractivity contribution is 0.526. The summed E-state index contributed by atoms with van der Waals surface area (Å²) in [6.45, 7) is 2.29. The second kappa shape index (κ2) is 18.9. The number of alkyl halides is 1. The summed E-state index contributed by atoms with van der Waals surface area (Å²) in [7, 11) is 0. The first-order valence-electron chi connectivity index (χ1n) is 11.7. The van der Waals surface area contributed by atoms with Crippen molar-refractivity contribution in [1.29, 1.82) is 0 Å². The van der Waals surface area contributed by atoms with Crippen molar-refractivity contribution in [2.24, 2.45) is 0 Å². The fraction of sp³-hybridized carbons (Fsp3) is 0.833. The summed E-state index contributed by atoms with van der Waals surface area (Å²) in [4.78, 5) is 8.74. The highest BCUT2D eigenvalue weighted by molar-refractivity contribution is 9.09. The quantitative estimate of drug-likeness (QED) is 0.160. The number of rotatable bonds is 19. The van der Waals surface area contributed by atoms with Gasteiger partial charge in [-0.25, -0.2) is 9.97 Å². The zero-order chi connectivity index (χ0) is 19.4. The standard InChI is InChI=1S/C24H43BrN2/c1-2-3-4-5-6-7-8-9-10-11-12-13-14-15-16-17-18-24(25)19-23-20-26-22-27-21-23/h20-22,24H,2-19H2,1H3. The molecule has 0 fully saturated rings. The SMILES string of the molecule is CCCCCCCCCCCCCCCCCCC(Br)Cc1cncnc1. The summed E-state index contributed by atoms with van der Waals surface area (Å²) in [6.07, 6.45) is 30.7. The molecule has 2 nitrogen and oxygen atoms in total. The molecule has 0 saturated heterocycles. The van der Waals surface area contributed by atoms with E-state index in [1.807, 2.05) is 12.4 Å². The first-order chi connectivity index (χ1) is 13.3. The summed E-state index contributed by atoms with van der Waals surface area (Å²) in [5.41, 5.74) is 1.23. The maximum absolute atomic E-state index is 4.09. The average molecular weight is 440 g/mol. The van der Waals surface area contributed by atoms with Crippen molar-refractivity contribution in [3.05, 3.63) is 24.3 Å². The van der Waals surface area contributed by atoms with Crippen LogP contribution in [0.2, 0.25) is 0 Å². The molecule has 0 saturated carbocycles. The third-order valence-electron chi connectivity index (χ3n) is 5.44. The Hall–Kier alpha value is -0.440. The lowest BCUT2D eigenvalue weighted by atomic mass is 10.0. The molecule has 27 heavy (non-hydrogen) atoms. The van der Waals surface area contributed by atoms with E-state index in [9.17, 15) is 0 Å². The highest BCUT2D eigenvalue weighted by atomic mass is 79.9. The Kier molecular flexibility index (Phi) is 17.2. The number of hydrogen-bond acceptors (Lipinski definition) is 2. The Morgan fingerprint density at radius 3 is 1.52 bits per heavy atom. The van der Waals surface area contributed by atoms with E-state index in [0.29, 0.717) is 4.83 Å². The maximum atomic E-state index is 4.09. The third kappa shape index (κ3) is 16.2. The van der Waals surface area contributed by atoms with E-state index in [-0.39, 0.29) is 0 Å². The second-order valence-corrected chi connectivity index (χ2v) is 9.44. The molecule has 3 heteroatoms. The van der Waals surface area contributed by atoms with Gasteiger partial charge in [-0.2, -0.15) is 0 Å². The minimum Gasteiger partial charge on any atom is -0.245 e. The van der Waals surface area contributed by atoms with E-state index in [4.69, 9.17) is 0 Å². The average Bonchev–Trinajstić information content (AvgIpc) is 2.68. The molecular weight excluding hydrogens is 396 g/mol. The highest BCUT2D eigenvalue weighted by Gasteiger charge is 2.05. The van der Waals surface area contributed by atoms with Crippen LogP contribution in [0.5, 0.6) is 0 Å². The van der Waals surface area contributed by atoms with Crippen LogP contribution < -0.4 is 0 Å². The molecule has 0 spiro atoms. The monoisotopic (exact) mass is 438 g/mol. The molecule has 1 aromatic rings. The van der Waals surface area contributed by atoms with Crippen LogP contribution in [-0.4, -0.2) is 14.8 Å². The van der Waals surface area contributed by atoms with Gasteiger partial charge in [0.05, 0.1) is 0 Å². The van der Waals surface area contributed by atoms with Gasteiger partial charge in [0.1, 0.15) is 6.33 Å². The van der Waals surface area contributed by atoms with Gasteiger partial charge >= 0.3 is 0 Å². The summed E-state index contributed by atoms with van der Waals surface area (Å²) < 4.78 is 0. The molecule has 0 aliphatic heterocycles. The molecular formula is C24H43BrN2. The van der Waals surface area contributed by atoms with Gasteiger partial charge in [0, 0.05) is 17.2 Å². The Bertz CT molecular complexity index is 410. The van der Waals surface area contributed by atoms with Crippen LogP contribution in [0.4, 0.5) is 0 Å². The van der Waals surface area contributed by atoms with Crippen molar-refractivity contribution in [3.8, 4) is 0 Å². The molecule has 0 N–H and O–H groups in total. The molecule has 0 aromatic carbocycles. The van der Waals surface area contributed by atoms with Crippen molar-refractivity contribution < 1.29 is 0 Å². The second-order valence-electron chi connectivity index (χ2n) is 8.14. The van der Waals surface area contributed by atoms with Crippen LogP contribution in [0, 0.1) is 0 Å². The Morgan fingerprint density at radius 1 is 0.667 bits per heavy atom. The van der Waals surface area contributed by atoms with Gasteiger partial charge in [-0.3, -0.25) is 0 Å². The van der Waals surface area contributed by atoms with Gasteiger partial charge in [0.15, 0.2) is 0 Å². The molecule has 0 radical (unpaired) electrons. The van der Waals surface area contributed by atoms with E-state index in [0.717, 1.165) is 6.42 Å². The predicted octanol–water partition coefficient (Wildman–Crippen LogP) is 8.43. The molecule has 1 heterocycles. The van der Waals surface area contributed by atoms with Crippen molar-refractivity contribution in [1.82, 2.24) is 9.97 Å². The van der Waals surface area contributed by atoms with Crippen molar-refractivity contribution in [2.75, 3.05) is 0 Å². The van der Waals surface area contributed by atoms with Gasteiger partial charge in [-0.15, -0.1) is 0 Å². The fourth-order valence-corrected chi connectivity index (χ4v) is 4.40. The van der Waals surface area contributed by atoms with Gasteiger partial charge < -0.3 is 0 Å². The number of nitrogens with zero attached hydrogens (tertiary/aromatic N) is 2. The van der Waals surface area contributed by atoms with Crippen LogP contribution >= 0.6 is 15.9 Å². The van der Waals surface area contributed by atoms with Crippen LogP contribution in [0.15, 0.2) is 18.7 Å². The Morgan fingerprint density at radius 2 is 1.07 bits per heavy atom. The van der Waals surface area contributed by atoms with Gasteiger partial charge in [-0.05, 0) is 18.4 Å². The predicted molar refractivity (Wildman–Crippen MR) is 123 cm³/mol. The number of unbranched alkanes of at least 4 members (excludes halogenated alkanes) is 15. The summed E-state index contributed by atoms with van der Waals surface area (Å²) in [5.74, 6) is 0. The summed E-state index contributed by atoms with van der Waals surface area (Å²) in [6, 6.07) is 0. The van der Waals surface area contributed by atoms with Crippen LogP contribution in [0.1, 0.15) is 122 Å². The lowest BCUT2D eigenvalue weighted by Gasteiger charge is -2.09. The summed E-state index contributed by atoms with van der Waals surface area (Å²) >= 11 is 3.80. The minimum atomic E-state index is 0.565. The van der Waals surface area contributed by atoms with E-state index in [1.165, 1.54) is 115 Å². The van der Waals surface area contributed by atoms with E-state index >= 15 is 0 Å². The number of aromatic nitrogens is 2. The number of hydrogen-bond donors (Lipinski definition) is 0. The number of halogens is 1.